The molecule has 3 rings (SSSR count). The van der Waals surface area contributed by atoms with E-state index in [-0.39, 0.29) is 12.5 Å². The lowest BCUT2D eigenvalue weighted by atomic mass is 9.88. The molecule has 2 aromatic rings. The van der Waals surface area contributed by atoms with E-state index in [2.05, 4.69) is 31.1 Å². The predicted octanol–water partition coefficient (Wildman–Crippen LogP) is 4.97. The van der Waals surface area contributed by atoms with Crippen LogP contribution in [-0.2, 0) is 0 Å². The highest BCUT2D eigenvalue weighted by molar-refractivity contribution is 6.83. The molecule has 0 saturated carbocycles. The Morgan fingerprint density at radius 1 is 1.14 bits per heavy atom. The van der Waals surface area contributed by atoms with Gasteiger partial charge in [-0.3, -0.25) is 4.90 Å². The normalized spacial score (nSPS) is 16.8. The van der Waals surface area contributed by atoms with Gasteiger partial charge >= 0.3 is 6.09 Å². The van der Waals surface area contributed by atoms with Crippen molar-refractivity contribution >= 4 is 25.4 Å². The second-order valence-corrected chi connectivity index (χ2v) is 13.0. The van der Waals surface area contributed by atoms with Crippen LogP contribution in [0.4, 0.5) is 10.5 Å². The first-order valence-corrected chi connectivity index (χ1v) is 13.3. The molecule has 1 aliphatic rings. The van der Waals surface area contributed by atoms with Gasteiger partial charge in [0, 0.05) is 18.1 Å². The summed E-state index contributed by atoms with van der Waals surface area (Å²) in [7, 11) is -1.65. The number of para-hydroxylation sites is 2. The van der Waals surface area contributed by atoms with E-state index in [1.54, 1.807) is 17.0 Å². The molecule has 2 aromatic carbocycles. The molecule has 0 saturated heterocycles. The quantitative estimate of drug-likeness (QED) is 0.580. The highest BCUT2D eigenvalue weighted by Crippen LogP contribution is 2.38. The summed E-state index contributed by atoms with van der Waals surface area (Å²) in [4.78, 5) is 14.8. The summed E-state index contributed by atoms with van der Waals surface area (Å²) in [6, 6.07) is 16.3. The number of rotatable bonds is 3. The van der Waals surface area contributed by atoms with E-state index in [1.165, 1.54) is 0 Å². The van der Waals surface area contributed by atoms with E-state index >= 15 is 0 Å². The molecule has 2 atom stereocenters. The van der Waals surface area contributed by atoms with Gasteiger partial charge in [0.05, 0.1) is 5.69 Å². The fraction of sp³-hybridized carbons (Fsp3) is 0.292. The molecule has 150 valence electrons. The Balaban J connectivity index is 2.08. The summed E-state index contributed by atoms with van der Waals surface area (Å²) in [6.07, 6.45) is 1.52. The van der Waals surface area contributed by atoms with Crippen molar-refractivity contribution in [3.63, 3.8) is 0 Å². The first-order valence-electron chi connectivity index (χ1n) is 9.81. The smallest absolute Gasteiger partial charge is 0.410 e. The van der Waals surface area contributed by atoms with Crippen LogP contribution >= 0.6 is 0 Å². The van der Waals surface area contributed by atoms with E-state index in [4.69, 9.17) is 4.74 Å². The fourth-order valence-electron chi connectivity index (χ4n) is 3.19. The van der Waals surface area contributed by atoms with Gasteiger partial charge in [0.25, 0.3) is 0 Å². The number of hydrogen-bond donors (Lipinski definition) is 1. The average Bonchev–Trinajstić information content (AvgIpc) is 2.70. The molecular formula is C24H27NO3Si. The molecule has 0 fully saturated rings. The van der Waals surface area contributed by atoms with Crippen LogP contribution in [0.5, 0.6) is 5.75 Å². The molecule has 0 radical (unpaired) electrons. The van der Waals surface area contributed by atoms with Crippen LogP contribution in [0.2, 0.25) is 19.6 Å². The number of hydrogen-bond acceptors (Lipinski definition) is 3. The lowest BCUT2D eigenvalue weighted by Gasteiger charge is -2.34. The van der Waals surface area contributed by atoms with E-state index in [9.17, 15) is 9.90 Å². The Morgan fingerprint density at radius 2 is 1.79 bits per heavy atom. The Morgan fingerprint density at radius 3 is 2.45 bits per heavy atom. The number of aliphatic hydroxyl groups excluding tert-OH is 1. The molecule has 29 heavy (non-hydrogen) atoms. The van der Waals surface area contributed by atoms with Crippen LogP contribution in [0.1, 0.15) is 12.5 Å². The molecule has 1 N–H and O–H groups in total. The number of ether oxygens (including phenoxy) is 1. The minimum absolute atomic E-state index is 0.0306. The molecule has 5 heteroatoms. The van der Waals surface area contributed by atoms with Crippen LogP contribution in [0.25, 0.3) is 5.57 Å². The maximum atomic E-state index is 13.2. The van der Waals surface area contributed by atoms with Gasteiger partial charge in [-0.1, -0.05) is 68.9 Å². The molecule has 0 bridgehead atoms. The molecule has 0 aromatic heterocycles. The van der Waals surface area contributed by atoms with E-state index in [0.29, 0.717) is 5.75 Å². The van der Waals surface area contributed by atoms with Crippen molar-refractivity contribution in [2.75, 3.05) is 11.5 Å². The Labute approximate surface area is 173 Å². The Kier molecular flexibility index (Phi) is 6.26. The largest absolute Gasteiger partial charge is 0.421 e. The molecule has 4 nitrogen and oxygen atoms in total. The van der Waals surface area contributed by atoms with Crippen molar-refractivity contribution in [1.29, 1.82) is 0 Å². The highest BCUT2D eigenvalue weighted by atomic mass is 28.3. The number of amides is 1. The number of aliphatic hydroxyl groups is 1. The summed E-state index contributed by atoms with van der Waals surface area (Å²) in [5, 5.41) is 9.75. The third kappa shape index (κ3) is 4.97. The van der Waals surface area contributed by atoms with Crippen molar-refractivity contribution in [1.82, 2.24) is 0 Å². The second kappa shape index (κ2) is 8.69. The number of benzene rings is 2. The first-order chi connectivity index (χ1) is 13.8. The fourth-order valence-corrected chi connectivity index (χ4v) is 3.77. The van der Waals surface area contributed by atoms with E-state index in [1.807, 2.05) is 55.5 Å². The maximum Gasteiger partial charge on any atom is 0.421 e. The van der Waals surface area contributed by atoms with Crippen molar-refractivity contribution in [3.8, 4) is 17.2 Å². The van der Waals surface area contributed by atoms with Gasteiger partial charge in [-0.2, -0.15) is 0 Å². The summed E-state index contributed by atoms with van der Waals surface area (Å²) in [6.45, 7) is 8.52. The summed E-state index contributed by atoms with van der Waals surface area (Å²) >= 11 is 0. The molecule has 1 amide bonds. The van der Waals surface area contributed by atoms with Gasteiger partial charge < -0.3 is 9.84 Å². The van der Waals surface area contributed by atoms with Crippen molar-refractivity contribution in [3.05, 3.63) is 66.2 Å². The van der Waals surface area contributed by atoms with Gasteiger partial charge in [0.2, 0.25) is 0 Å². The summed E-state index contributed by atoms with van der Waals surface area (Å²) in [5.41, 5.74) is 6.06. The topological polar surface area (TPSA) is 49.8 Å². The van der Waals surface area contributed by atoms with Gasteiger partial charge in [-0.05, 0) is 29.8 Å². The molecule has 0 spiro atoms. The molecule has 0 unspecified atom stereocenters. The van der Waals surface area contributed by atoms with Crippen molar-refractivity contribution in [2.45, 2.75) is 32.6 Å². The van der Waals surface area contributed by atoms with Gasteiger partial charge in [0.1, 0.15) is 19.9 Å². The van der Waals surface area contributed by atoms with Gasteiger partial charge in [-0.25, -0.2) is 4.79 Å². The average molecular weight is 406 g/mol. The highest BCUT2D eigenvalue weighted by Gasteiger charge is 2.33. The Bertz CT molecular complexity index is 967. The summed E-state index contributed by atoms with van der Waals surface area (Å²) < 4.78 is 5.65. The minimum atomic E-state index is -1.65. The van der Waals surface area contributed by atoms with E-state index < -0.39 is 20.2 Å². The van der Waals surface area contributed by atoms with Crippen LogP contribution in [0.3, 0.4) is 0 Å². The molecule has 0 aliphatic carbocycles. The van der Waals surface area contributed by atoms with Crippen LogP contribution < -0.4 is 9.64 Å². The molecular weight excluding hydrogens is 378 g/mol. The number of nitrogens with zero attached hydrogens (tertiary/aromatic N) is 1. The van der Waals surface area contributed by atoms with Crippen molar-refractivity contribution < 1.29 is 14.6 Å². The number of fused-ring (bicyclic) bond motifs is 1. The van der Waals surface area contributed by atoms with Crippen LogP contribution in [-0.4, -0.2) is 31.9 Å². The number of anilines is 1. The lowest BCUT2D eigenvalue weighted by Crippen LogP contribution is -2.43. The first kappa shape index (κ1) is 20.9. The minimum Gasteiger partial charge on any atom is -0.410 e. The van der Waals surface area contributed by atoms with E-state index in [0.717, 1.165) is 16.8 Å². The van der Waals surface area contributed by atoms with Crippen LogP contribution in [0, 0.1) is 17.4 Å². The third-order valence-electron chi connectivity index (χ3n) is 4.64. The number of carbonyl (C=O) groups excluding carboxylic acids is 1. The van der Waals surface area contributed by atoms with Gasteiger partial charge in [0.15, 0.2) is 0 Å². The Hall–Kier alpha value is -2.81. The third-order valence-corrected chi connectivity index (χ3v) is 5.53. The van der Waals surface area contributed by atoms with Crippen LogP contribution in [0.15, 0.2) is 60.7 Å². The predicted molar refractivity (Wildman–Crippen MR) is 121 cm³/mol. The lowest BCUT2D eigenvalue weighted by molar-refractivity contribution is 0.207. The van der Waals surface area contributed by atoms with Crippen molar-refractivity contribution in [2.24, 2.45) is 5.92 Å². The monoisotopic (exact) mass is 405 g/mol. The van der Waals surface area contributed by atoms with Gasteiger partial charge in [-0.15, -0.1) is 5.54 Å². The molecule has 1 heterocycles. The zero-order chi connectivity index (χ0) is 21.0. The summed E-state index contributed by atoms with van der Waals surface area (Å²) in [5.74, 6) is 3.74. The second-order valence-electron chi connectivity index (χ2n) is 8.24. The zero-order valence-corrected chi connectivity index (χ0v) is 18.3. The SMILES string of the molecule is C[C@@H](CO)C1=C[C@H](C#C[Si](C)(C)C)N(C(=O)Oc2ccccc2)c2ccccc21. The number of carbonyl (C=O) groups is 1. The standard InChI is InChI=1S/C24H27NO3Si/c1-18(17-26)22-16-19(14-15-29(2,3)4)25(23-13-9-8-12-21(22)23)24(27)28-20-10-6-5-7-11-20/h5-13,16,18-19,26H,17H2,1-4H3/t18-,19-/m0/s1. The maximum absolute atomic E-state index is 13.2. The molecule has 1 aliphatic heterocycles. The zero-order valence-electron chi connectivity index (χ0n) is 17.3.